The molecule has 5 heteroatoms. The Morgan fingerprint density at radius 2 is 1.95 bits per heavy atom. The molecular weight excluding hydrogens is 272 g/mol. The van der Waals surface area contributed by atoms with Crippen LogP contribution in [-0.4, -0.2) is 25.1 Å². The summed E-state index contributed by atoms with van der Waals surface area (Å²) in [5.74, 6) is 0.787. The van der Waals surface area contributed by atoms with Gasteiger partial charge in [0.05, 0.1) is 16.4 Å². The Kier molecular flexibility index (Phi) is 3.51. The van der Waals surface area contributed by atoms with Gasteiger partial charge < -0.3 is 15.5 Å². The summed E-state index contributed by atoms with van der Waals surface area (Å²) in [6.45, 7) is 2.21. The Balaban J connectivity index is 2.10. The van der Waals surface area contributed by atoms with Gasteiger partial charge in [0.15, 0.2) is 5.82 Å². The SMILES string of the molecule is CN1CCN(c2nccc(CN)c2Cl)c2ccccc21. The molecule has 1 aliphatic rings. The first-order valence-corrected chi connectivity index (χ1v) is 7.01. The Morgan fingerprint density at radius 1 is 1.20 bits per heavy atom. The Hall–Kier alpha value is -1.78. The van der Waals surface area contributed by atoms with Crippen molar-refractivity contribution in [2.45, 2.75) is 6.54 Å². The molecule has 104 valence electrons. The van der Waals surface area contributed by atoms with E-state index < -0.39 is 0 Å². The zero-order valence-electron chi connectivity index (χ0n) is 11.4. The average molecular weight is 289 g/mol. The molecule has 0 saturated heterocycles. The van der Waals surface area contributed by atoms with E-state index in [2.05, 4.69) is 34.0 Å². The molecule has 0 unspecified atom stereocenters. The largest absolute Gasteiger partial charge is 0.371 e. The van der Waals surface area contributed by atoms with Gasteiger partial charge in [-0.25, -0.2) is 4.98 Å². The van der Waals surface area contributed by atoms with Crippen molar-refractivity contribution < 1.29 is 0 Å². The number of rotatable bonds is 2. The van der Waals surface area contributed by atoms with Gasteiger partial charge in [0.1, 0.15) is 0 Å². The van der Waals surface area contributed by atoms with Crippen LogP contribution in [0, 0.1) is 0 Å². The van der Waals surface area contributed by atoms with Crippen LogP contribution >= 0.6 is 11.6 Å². The van der Waals surface area contributed by atoms with Gasteiger partial charge in [0.25, 0.3) is 0 Å². The number of hydrogen-bond donors (Lipinski definition) is 1. The minimum atomic E-state index is 0.420. The second-order valence-electron chi connectivity index (χ2n) is 4.87. The molecule has 1 aromatic carbocycles. The van der Waals surface area contributed by atoms with Gasteiger partial charge in [-0.05, 0) is 23.8 Å². The molecule has 0 aliphatic carbocycles. The molecule has 0 atom stereocenters. The molecule has 2 heterocycles. The third-order valence-corrected chi connectivity index (χ3v) is 4.08. The average Bonchev–Trinajstić information content (AvgIpc) is 2.49. The van der Waals surface area contributed by atoms with Crippen LogP contribution in [0.1, 0.15) is 5.56 Å². The van der Waals surface area contributed by atoms with Crippen LogP contribution in [0.4, 0.5) is 17.2 Å². The normalized spacial score (nSPS) is 14.3. The predicted octanol–water partition coefficient (Wildman–Crippen LogP) is 2.78. The minimum absolute atomic E-state index is 0.420. The van der Waals surface area contributed by atoms with E-state index in [1.807, 2.05) is 18.2 Å². The zero-order chi connectivity index (χ0) is 14.1. The summed E-state index contributed by atoms with van der Waals surface area (Å²) in [6, 6.07) is 10.2. The highest BCUT2D eigenvalue weighted by Crippen LogP contribution is 2.39. The maximum atomic E-state index is 6.45. The first-order valence-electron chi connectivity index (χ1n) is 6.63. The van der Waals surface area contributed by atoms with Crippen LogP contribution in [-0.2, 0) is 6.54 Å². The van der Waals surface area contributed by atoms with Gasteiger partial charge in [-0.15, -0.1) is 0 Å². The fraction of sp³-hybridized carbons (Fsp3) is 0.267. The Morgan fingerprint density at radius 3 is 2.70 bits per heavy atom. The molecule has 0 spiro atoms. The molecule has 0 saturated carbocycles. The molecule has 0 amide bonds. The Labute approximate surface area is 123 Å². The van der Waals surface area contributed by atoms with Crippen LogP contribution in [0.25, 0.3) is 0 Å². The molecule has 1 aromatic heterocycles. The number of fused-ring (bicyclic) bond motifs is 1. The molecule has 0 radical (unpaired) electrons. The maximum absolute atomic E-state index is 6.45. The second kappa shape index (κ2) is 5.31. The predicted molar refractivity (Wildman–Crippen MR) is 83.9 cm³/mol. The number of likely N-dealkylation sites (N-methyl/N-ethyl adjacent to an activating group) is 1. The number of nitrogens with zero attached hydrogens (tertiary/aromatic N) is 3. The lowest BCUT2D eigenvalue weighted by Crippen LogP contribution is -2.37. The van der Waals surface area contributed by atoms with E-state index in [1.165, 1.54) is 5.69 Å². The number of hydrogen-bond acceptors (Lipinski definition) is 4. The number of halogens is 1. The molecular formula is C15H17ClN4. The van der Waals surface area contributed by atoms with Crippen molar-refractivity contribution in [3.8, 4) is 0 Å². The summed E-state index contributed by atoms with van der Waals surface area (Å²) in [6.07, 6.45) is 1.77. The molecule has 2 aromatic rings. The van der Waals surface area contributed by atoms with Crippen molar-refractivity contribution in [1.29, 1.82) is 0 Å². The highest BCUT2D eigenvalue weighted by atomic mass is 35.5. The summed E-state index contributed by atoms with van der Waals surface area (Å²) < 4.78 is 0. The second-order valence-corrected chi connectivity index (χ2v) is 5.25. The summed E-state index contributed by atoms with van der Waals surface area (Å²) >= 11 is 6.45. The van der Waals surface area contributed by atoms with E-state index in [0.29, 0.717) is 11.6 Å². The first kappa shape index (κ1) is 13.2. The van der Waals surface area contributed by atoms with Crippen LogP contribution in [0.15, 0.2) is 36.5 Å². The number of benzene rings is 1. The standard InChI is InChI=1S/C15H17ClN4/c1-19-8-9-20(13-5-3-2-4-12(13)19)15-14(16)11(10-17)6-7-18-15/h2-7H,8-10,17H2,1H3. The lowest BCUT2D eigenvalue weighted by molar-refractivity contribution is 0.812. The number of nitrogens with two attached hydrogens (primary N) is 1. The van der Waals surface area contributed by atoms with Crippen LogP contribution in [0.5, 0.6) is 0 Å². The van der Waals surface area contributed by atoms with E-state index in [-0.39, 0.29) is 0 Å². The lowest BCUT2D eigenvalue weighted by atomic mass is 10.1. The quantitative estimate of drug-likeness (QED) is 0.923. The summed E-state index contributed by atoms with van der Waals surface area (Å²) in [4.78, 5) is 8.86. The molecule has 1 aliphatic heterocycles. The van der Waals surface area contributed by atoms with Crippen LogP contribution in [0.3, 0.4) is 0 Å². The third-order valence-electron chi connectivity index (χ3n) is 3.67. The van der Waals surface area contributed by atoms with Crippen molar-refractivity contribution >= 4 is 28.8 Å². The first-order chi connectivity index (χ1) is 9.72. The molecule has 0 bridgehead atoms. The number of para-hydroxylation sites is 2. The zero-order valence-corrected chi connectivity index (χ0v) is 12.1. The van der Waals surface area contributed by atoms with Crippen molar-refractivity contribution in [1.82, 2.24) is 4.98 Å². The monoisotopic (exact) mass is 288 g/mol. The molecule has 3 rings (SSSR count). The van der Waals surface area contributed by atoms with E-state index in [4.69, 9.17) is 17.3 Å². The van der Waals surface area contributed by atoms with Gasteiger partial charge in [-0.1, -0.05) is 23.7 Å². The van der Waals surface area contributed by atoms with Gasteiger partial charge in [0.2, 0.25) is 0 Å². The molecule has 4 nitrogen and oxygen atoms in total. The van der Waals surface area contributed by atoms with Gasteiger partial charge in [-0.2, -0.15) is 0 Å². The minimum Gasteiger partial charge on any atom is -0.371 e. The van der Waals surface area contributed by atoms with E-state index in [9.17, 15) is 0 Å². The summed E-state index contributed by atoms with van der Waals surface area (Å²) in [7, 11) is 2.10. The smallest absolute Gasteiger partial charge is 0.152 e. The number of pyridine rings is 1. The van der Waals surface area contributed by atoms with Crippen LogP contribution < -0.4 is 15.5 Å². The summed E-state index contributed by atoms with van der Waals surface area (Å²) in [5, 5.41) is 0.648. The van der Waals surface area contributed by atoms with Gasteiger partial charge in [-0.3, -0.25) is 0 Å². The lowest BCUT2D eigenvalue weighted by Gasteiger charge is -2.36. The highest BCUT2D eigenvalue weighted by molar-refractivity contribution is 6.33. The van der Waals surface area contributed by atoms with Crippen molar-refractivity contribution in [3.05, 3.63) is 47.1 Å². The van der Waals surface area contributed by atoms with Gasteiger partial charge in [0, 0.05) is 32.9 Å². The molecule has 20 heavy (non-hydrogen) atoms. The van der Waals surface area contributed by atoms with Crippen molar-refractivity contribution in [2.24, 2.45) is 5.73 Å². The third kappa shape index (κ3) is 2.11. The highest BCUT2D eigenvalue weighted by Gasteiger charge is 2.24. The van der Waals surface area contributed by atoms with E-state index in [0.717, 1.165) is 30.2 Å². The topological polar surface area (TPSA) is 45.4 Å². The fourth-order valence-electron chi connectivity index (χ4n) is 2.54. The molecule has 0 fully saturated rings. The van der Waals surface area contributed by atoms with Crippen molar-refractivity contribution in [2.75, 3.05) is 29.9 Å². The van der Waals surface area contributed by atoms with E-state index >= 15 is 0 Å². The van der Waals surface area contributed by atoms with E-state index in [1.54, 1.807) is 6.20 Å². The van der Waals surface area contributed by atoms with Crippen LogP contribution in [0.2, 0.25) is 5.02 Å². The number of anilines is 3. The summed E-state index contributed by atoms with van der Waals surface area (Å²) in [5.41, 5.74) is 8.97. The van der Waals surface area contributed by atoms with Gasteiger partial charge >= 0.3 is 0 Å². The molecule has 2 N–H and O–H groups in total. The fourth-order valence-corrected chi connectivity index (χ4v) is 2.83. The van der Waals surface area contributed by atoms with Crippen molar-refractivity contribution in [3.63, 3.8) is 0 Å². The number of aromatic nitrogens is 1. The Bertz CT molecular complexity index is 629. The maximum Gasteiger partial charge on any atom is 0.152 e.